The Morgan fingerprint density at radius 1 is 1.38 bits per heavy atom. The Morgan fingerprint density at radius 3 is 2.44 bits per heavy atom. The topological polar surface area (TPSA) is 49.4 Å². The van der Waals surface area contributed by atoms with Crippen molar-refractivity contribution in [3.8, 4) is 0 Å². The van der Waals surface area contributed by atoms with Gasteiger partial charge in [0, 0.05) is 6.54 Å². The first-order chi connectivity index (χ1) is 7.18. The lowest BCUT2D eigenvalue weighted by Gasteiger charge is -2.40. The lowest BCUT2D eigenvalue weighted by Crippen LogP contribution is -2.64. The maximum atomic E-state index is 12.1. The molecule has 1 aliphatic heterocycles. The SMILES string of the molecule is CCC(C)(C)CN1CC(=O)NC(C)(C)C1=O. The lowest BCUT2D eigenvalue weighted by atomic mass is 9.88. The molecule has 1 N–H and O–H groups in total. The van der Waals surface area contributed by atoms with E-state index in [1.165, 1.54) is 0 Å². The van der Waals surface area contributed by atoms with Crippen molar-refractivity contribution < 1.29 is 9.59 Å². The summed E-state index contributed by atoms with van der Waals surface area (Å²) in [6, 6.07) is 0. The number of nitrogens with zero attached hydrogens (tertiary/aromatic N) is 1. The van der Waals surface area contributed by atoms with Gasteiger partial charge in [-0.15, -0.1) is 0 Å². The van der Waals surface area contributed by atoms with E-state index in [4.69, 9.17) is 0 Å². The Bertz CT molecular complexity index is 308. The molecule has 1 fully saturated rings. The molecule has 0 aromatic heterocycles. The predicted octanol–water partition coefficient (Wildman–Crippen LogP) is 1.16. The summed E-state index contributed by atoms with van der Waals surface area (Å²) in [6.45, 7) is 10.6. The lowest BCUT2D eigenvalue weighted by molar-refractivity contribution is -0.149. The van der Waals surface area contributed by atoms with Crippen LogP contribution in [-0.2, 0) is 9.59 Å². The van der Waals surface area contributed by atoms with Crippen LogP contribution in [0.2, 0.25) is 0 Å². The van der Waals surface area contributed by atoms with Crippen LogP contribution in [0.15, 0.2) is 0 Å². The molecule has 16 heavy (non-hydrogen) atoms. The molecule has 1 aliphatic rings. The zero-order chi connectivity index (χ0) is 12.6. The first kappa shape index (κ1) is 13.0. The third-order valence-electron chi connectivity index (χ3n) is 3.18. The number of nitrogens with one attached hydrogen (secondary N) is 1. The highest BCUT2D eigenvalue weighted by atomic mass is 16.2. The van der Waals surface area contributed by atoms with Gasteiger partial charge in [0.25, 0.3) is 0 Å². The molecule has 0 saturated carbocycles. The fourth-order valence-corrected chi connectivity index (χ4v) is 1.84. The van der Waals surface area contributed by atoms with Crippen LogP contribution < -0.4 is 5.32 Å². The molecule has 4 heteroatoms. The average molecular weight is 226 g/mol. The van der Waals surface area contributed by atoms with Crippen molar-refractivity contribution in [2.24, 2.45) is 5.41 Å². The zero-order valence-electron chi connectivity index (χ0n) is 10.9. The van der Waals surface area contributed by atoms with Crippen LogP contribution in [0.3, 0.4) is 0 Å². The van der Waals surface area contributed by atoms with E-state index in [0.29, 0.717) is 6.54 Å². The molecule has 0 aromatic rings. The Balaban J connectivity index is 2.80. The molecular weight excluding hydrogens is 204 g/mol. The summed E-state index contributed by atoms with van der Waals surface area (Å²) in [4.78, 5) is 25.3. The van der Waals surface area contributed by atoms with Crippen molar-refractivity contribution in [3.05, 3.63) is 0 Å². The van der Waals surface area contributed by atoms with Crippen molar-refractivity contribution in [3.63, 3.8) is 0 Å². The van der Waals surface area contributed by atoms with Crippen molar-refractivity contribution in [2.45, 2.75) is 46.6 Å². The molecule has 0 unspecified atom stereocenters. The summed E-state index contributed by atoms with van der Waals surface area (Å²) >= 11 is 0. The smallest absolute Gasteiger partial charge is 0.248 e. The highest BCUT2D eigenvalue weighted by Crippen LogP contribution is 2.24. The fraction of sp³-hybridized carbons (Fsp3) is 0.833. The van der Waals surface area contributed by atoms with E-state index in [-0.39, 0.29) is 23.8 Å². The van der Waals surface area contributed by atoms with Gasteiger partial charge >= 0.3 is 0 Å². The number of carbonyl (C=O) groups is 2. The third kappa shape index (κ3) is 2.74. The first-order valence-corrected chi connectivity index (χ1v) is 5.78. The summed E-state index contributed by atoms with van der Waals surface area (Å²) < 4.78 is 0. The second-order valence-electron chi connectivity index (χ2n) is 5.85. The largest absolute Gasteiger partial charge is 0.341 e. The molecule has 0 atom stereocenters. The van der Waals surface area contributed by atoms with Crippen LogP contribution in [-0.4, -0.2) is 35.3 Å². The van der Waals surface area contributed by atoms with Crippen molar-refractivity contribution >= 4 is 11.8 Å². The number of hydrogen-bond acceptors (Lipinski definition) is 2. The van der Waals surface area contributed by atoms with E-state index in [1.807, 2.05) is 0 Å². The number of piperazine rings is 1. The van der Waals surface area contributed by atoms with Crippen molar-refractivity contribution in [1.29, 1.82) is 0 Å². The number of carbonyl (C=O) groups excluding carboxylic acids is 2. The van der Waals surface area contributed by atoms with Gasteiger partial charge in [-0.3, -0.25) is 9.59 Å². The molecule has 2 amide bonds. The molecule has 0 aliphatic carbocycles. The monoisotopic (exact) mass is 226 g/mol. The van der Waals surface area contributed by atoms with E-state index < -0.39 is 5.54 Å². The fourth-order valence-electron chi connectivity index (χ4n) is 1.84. The summed E-state index contributed by atoms with van der Waals surface area (Å²) in [7, 11) is 0. The van der Waals surface area contributed by atoms with Gasteiger partial charge in [0.15, 0.2) is 0 Å². The van der Waals surface area contributed by atoms with Crippen LogP contribution in [0, 0.1) is 5.41 Å². The Kier molecular flexibility index (Phi) is 3.31. The highest BCUT2D eigenvalue weighted by Gasteiger charge is 2.40. The van der Waals surface area contributed by atoms with Crippen LogP contribution in [0.5, 0.6) is 0 Å². The standard InChI is InChI=1S/C12H22N2O2/c1-6-11(2,3)8-14-7-9(15)13-12(4,5)10(14)16/h6-8H2,1-5H3,(H,13,15). The van der Waals surface area contributed by atoms with E-state index in [9.17, 15) is 9.59 Å². The van der Waals surface area contributed by atoms with E-state index in [0.717, 1.165) is 6.42 Å². The molecule has 1 saturated heterocycles. The van der Waals surface area contributed by atoms with Crippen LogP contribution >= 0.6 is 0 Å². The second kappa shape index (κ2) is 4.07. The number of rotatable bonds is 3. The van der Waals surface area contributed by atoms with Gasteiger partial charge in [0.1, 0.15) is 5.54 Å². The van der Waals surface area contributed by atoms with Crippen molar-refractivity contribution in [1.82, 2.24) is 10.2 Å². The Labute approximate surface area is 97.4 Å². The molecule has 4 nitrogen and oxygen atoms in total. The minimum Gasteiger partial charge on any atom is -0.341 e. The van der Waals surface area contributed by atoms with E-state index in [1.54, 1.807) is 18.7 Å². The van der Waals surface area contributed by atoms with Gasteiger partial charge < -0.3 is 10.2 Å². The van der Waals surface area contributed by atoms with E-state index >= 15 is 0 Å². The normalized spacial score (nSPS) is 20.9. The minimum absolute atomic E-state index is 0.00799. The summed E-state index contributed by atoms with van der Waals surface area (Å²) in [5.74, 6) is -0.0647. The molecule has 0 spiro atoms. The molecule has 1 heterocycles. The van der Waals surface area contributed by atoms with Gasteiger partial charge in [-0.2, -0.15) is 0 Å². The molecule has 92 valence electrons. The molecule has 1 rings (SSSR count). The van der Waals surface area contributed by atoms with Gasteiger partial charge in [-0.05, 0) is 25.7 Å². The predicted molar refractivity (Wildman–Crippen MR) is 62.9 cm³/mol. The quantitative estimate of drug-likeness (QED) is 0.785. The third-order valence-corrected chi connectivity index (χ3v) is 3.18. The van der Waals surface area contributed by atoms with Crippen LogP contribution in [0.1, 0.15) is 41.0 Å². The maximum Gasteiger partial charge on any atom is 0.248 e. The number of amides is 2. The minimum atomic E-state index is -0.765. The number of hydrogen-bond donors (Lipinski definition) is 1. The summed E-state index contributed by atoms with van der Waals surface area (Å²) in [5.41, 5.74) is -0.706. The van der Waals surface area contributed by atoms with E-state index in [2.05, 4.69) is 26.1 Å². The van der Waals surface area contributed by atoms with Gasteiger partial charge in [-0.1, -0.05) is 20.8 Å². The Hall–Kier alpha value is -1.06. The highest BCUT2D eigenvalue weighted by molar-refractivity contribution is 5.97. The average Bonchev–Trinajstić information content (AvgIpc) is 2.12. The zero-order valence-corrected chi connectivity index (χ0v) is 10.9. The van der Waals surface area contributed by atoms with Gasteiger partial charge in [0.2, 0.25) is 11.8 Å². The second-order valence-corrected chi connectivity index (χ2v) is 5.85. The molecular formula is C12H22N2O2. The van der Waals surface area contributed by atoms with Gasteiger partial charge in [-0.25, -0.2) is 0 Å². The summed E-state index contributed by atoms with van der Waals surface area (Å²) in [5, 5.41) is 2.71. The molecule has 0 bridgehead atoms. The maximum absolute atomic E-state index is 12.1. The van der Waals surface area contributed by atoms with Gasteiger partial charge in [0.05, 0.1) is 6.54 Å². The Morgan fingerprint density at radius 2 is 1.94 bits per heavy atom. The van der Waals surface area contributed by atoms with Crippen molar-refractivity contribution in [2.75, 3.05) is 13.1 Å². The van der Waals surface area contributed by atoms with Crippen LogP contribution in [0.25, 0.3) is 0 Å². The molecule has 0 radical (unpaired) electrons. The first-order valence-electron chi connectivity index (χ1n) is 5.78. The molecule has 0 aromatic carbocycles. The summed E-state index contributed by atoms with van der Waals surface area (Å²) in [6.07, 6.45) is 0.985. The van der Waals surface area contributed by atoms with Crippen LogP contribution in [0.4, 0.5) is 0 Å².